The highest BCUT2D eigenvalue weighted by molar-refractivity contribution is 7.19. The molecule has 0 aliphatic rings. The molecule has 2 heterocycles. The highest BCUT2D eigenvalue weighted by Gasteiger charge is 2.21. The van der Waals surface area contributed by atoms with E-state index < -0.39 is 6.04 Å². The molecule has 146 valence electrons. The van der Waals surface area contributed by atoms with Gasteiger partial charge in [-0.1, -0.05) is 30.3 Å². The molecule has 1 N–H and O–H groups in total. The first-order chi connectivity index (χ1) is 14.0. The second-order valence-corrected chi connectivity index (χ2v) is 7.91. The van der Waals surface area contributed by atoms with Gasteiger partial charge in [-0.15, -0.1) is 11.3 Å². The number of anilines is 1. The molecule has 7 heteroatoms. The summed E-state index contributed by atoms with van der Waals surface area (Å²) >= 11 is 1.46. The highest BCUT2D eigenvalue weighted by atomic mass is 32.1. The Balaban J connectivity index is 1.74. The molecule has 4 rings (SSSR count). The lowest BCUT2D eigenvalue weighted by Gasteiger charge is -2.15. The molecule has 1 atom stereocenters. The standard InChI is InChI=1S/C22H18FN3O2S/c1-13(20(27)25-17-10-8-16(23)9-11-17)26-12-24-21-19(22(26)28)18(14(2)29-21)15-6-4-3-5-7-15/h3-13H,1-2H3,(H,25,27)/t13-/m0/s1. The van der Waals surface area contributed by atoms with Gasteiger partial charge in [0.1, 0.15) is 16.7 Å². The minimum Gasteiger partial charge on any atom is -0.324 e. The molecular formula is C22H18FN3O2S. The van der Waals surface area contributed by atoms with Gasteiger partial charge in [0.2, 0.25) is 5.91 Å². The fraction of sp³-hybridized carbons (Fsp3) is 0.136. The number of carbonyl (C=O) groups excluding carboxylic acids is 1. The summed E-state index contributed by atoms with van der Waals surface area (Å²) in [6.45, 7) is 3.60. The molecule has 5 nitrogen and oxygen atoms in total. The number of halogens is 1. The number of fused-ring (bicyclic) bond motifs is 1. The Morgan fingerprint density at radius 3 is 2.52 bits per heavy atom. The molecule has 0 spiro atoms. The third-order valence-corrected chi connectivity index (χ3v) is 5.80. The van der Waals surface area contributed by atoms with E-state index in [1.807, 2.05) is 37.3 Å². The average Bonchev–Trinajstić information content (AvgIpc) is 3.07. The van der Waals surface area contributed by atoms with Crippen molar-refractivity contribution in [1.82, 2.24) is 9.55 Å². The van der Waals surface area contributed by atoms with Crippen molar-refractivity contribution in [2.75, 3.05) is 5.32 Å². The Hall–Kier alpha value is -3.32. The Morgan fingerprint density at radius 1 is 1.14 bits per heavy atom. The van der Waals surface area contributed by atoms with Crippen molar-refractivity contribution < 1.29 is 9.18 Å². The van der Waals surface area contributed by atoms with E-state index in [-0.39, 0.29) is 17.3 Å². The Labute approximate surface area is 170 Å². The van der Waals surface area contributed by atoms with Gasteiger partial charge in [-0.3, -0.25) is 14.2 Å². The summed E-state index contributed by atoms with van der Waals surface area (Å²) in [5.74, 6) is -0.767. The van der Waals surface area contributed by atoms with Crippen LogP contribution in [0.1, 0.15) is 17.8 Å². The number of nitrogens with one attached hydrogen (secondary N) is 1. The van der Waals surface area contributed by atoms with Crippen LogP contribution in [0.5, 0.6) is 0 Å². The predicted octanol–water partition coefficient (Wildman–Crippen LogP) is 4.77. The molecule has 0 radical (unpaired) electrons. The van der Waals surface area contributed by atoms with Gasteiger partial charge >= 0.3 is 0 Å². The molecule has 0 fully saturated rings. The summed E-state index contributed by atoms with van der Waals surface area (Å²) in [5, 5.41) is 3.22. The SMILES string of the molecule is Cc1sc2ncn([C@@H](C)C(=O)Nc3ccc(F)cc3)c(=O)c2c1-c1ccccc1. The normalized spacial score (nSPS) is 12.1. The van der Waals surface area contributed by atoms with Crippen molar-refractivity contribution >= 4 is 33.1 Å². The first-order valence-corrected chi connectivity index (χ1v) is 9.89. The number of aromatic nitrogens is 2. The van der Waals surface area contributed by atoms with Gasteiger partial charge < -0.3 is 5.32 Å². The third-order valence-electron chi connectivity index (χ3n) is 4.78. The molecule has 29 heavy (non-hydrogen) atoms. The summed E-state index contributed by atoms with van der Waals surface area (Å²) < 4.78 is 14.4. The van der Waals surface area contributed by atoms with E-state index in [0.29, 0.717) is 15.9 Å². The monoisotopic (exact) mass is 407 g/mol. The van der Waals surface area contributed by atoms with E-state index in [1.54, 1.807) is 6.92 Å². The van der Waals surface area contributed by atoms with Gasteiger partial charge in [0.15, 0.2) is 0 Å². The molecule has 0 saturated heterocycles. The zero-order chi connectivity index (χ0) is 20.5. The lowest BCUT2D eigenvalue weighted by atomic mass is 10.0. The van der Waals surface area contributed by atoms with Crippen LogP contribution in [-0.2, 0) is 4.79 Å². The fourth-order valence-electron chi connectivity index (χ4n) is 3.25. The Kier molecular flexibility index (Phi) is 4.98. The molecule has 0 aliphatic carbocycles. The lowest BCUT2D eigenvalue weighted by molar-refractivity contribution is -0.118. The Morgan fingerprint density at radius 2 is 1.83 bits per heavy atom. The van der Waals surface area contributed by atoms with Gasteiger partial charge in [-0.05, 0) is 43.7 Å². The van der Waals surface area contributed by atoms with Gasteiger partial charge in [0, 0.05) is 16.1 Å². The topological polar surface area (TPSA) is 64.0 Å². The fourth-order valence-corrected chi connectivity index (χ4v) is 4.25. The molecule has 0 bridgehead atoms. The number of amides is 1. The minimum atomic E-state index is -0.784. The van der Waals surface area contributed by atoms with Gasteiger partial charge in [0.05, 0.1) is 11.7 Å². The maximum Gasteiger partial charge on any atom is 0.263 e. The lowest BCUT2D eigenvalue weighted by Crippen LogP contribution is -2.31. The number of hydrogen-bond donors (Lipinski definition) is 1. The van der Waals surface area contributed by atoms with Gasteiger partial charge in [-0.2, -0.15) is 0 Å². The number of nitrogens with zero attached hydrogens (tertiary/aromatic N) is 2. The zero-order valence-electron chi connectivity index (χ0n) is 15.8. The molecule has 0 saturated carbocycles. The summed E-state index contributed by atoms with van der Waals surface area (Å²) in [7, 11) is 0. The quantitative estimate of drug-likeness (QED) is 0.530. The number of rotatable bonds is 4. The maximum absolute atomic E-state index is 13.3. The molecule has 2 aromatic carbocycles. The molecule has 1 amide bonds. The van der Waals surface area contributed by atoms with E-state index in [0.717, 1.165) is 16.0 Å². The number of aryl methyl sites for hydroxylation is 1. The number of benzene rings is 2. The molecular weight excluding hydrogens is 389 g/mol. The van der Waals surface area contributed by atoms with Crippen LogP contribution >= 0.6 is 11.3 Å². The van der Waals surface area contributed by atoms with E-state index in [1.165, 1.54) is 46.5 Å². The van der Waals surface area contributed by atoms with E-state index in [9.17, 15) is 14.0 Å². The van der Waals surface area contributed by atoms with Crippen LogP contribution in [0, 0.1) is 12.7 Å². The predicted molar refractivity (Wildman–Crippen MR) is 114 cm³/mol. The van der Waals surface area contributed by atoms with Crippen molar-refractivity contribution in [2.24, 2.45) is 0 Å². The van der Waals surface area contributed by atoms with Crippen LogP contribution in [0.4, 0.5) is 10.1 Å². The second kappa shape index (κ2) is 7.60. The number of carbonyl (C=O) groups is 1. The van der Waals surface area contributed by atoms with Crippen molar-refractivity contribution in [3.63, 3.8) is 0 Å². The highest BCUT2D eigenvalue weighted by Crippen LogP contribution is 2.35. The summed E-state index contributed by atoms with van der Waals surface area (Å²) in [6, 6.07) is 14.4. The van der Waals surface area contributed by atoms with Crippen molar-refractivity contribution in [3.8, 4) is 11.1 Å². The van der Waals surface area contributed by atoms with Crippen LogP contribution < -0.4 is 10.9 Å². The second-order valence-electron chi connectivity index (χ2n) is 6.71. The van der Waals surface area contributed by atoms with Crippen LogP contribution in [0.2, 0.25) is 0 Å². The third kappa shape index (κ3) is 3.56. The summed E-state index contributed by atoms with van der Waals surface area (Å²) in [6.07, 6.45) is 1.41. The maximum atomic E-state index is 13.3. The molecule has 2 aromatic heterocycles. The van der Waals surface area contributed by atoms with Crippen molar-refractivity contribution in [1.29, 1.82) is 0 Å². The molecule has 0 unspecified atom stereocenters. The van der Waals surface area contributed by atoms with Crippen LogP contribution in [0.15, 0.2) is 65.7 Å². The van der Waals surface area contributed by atoms with Crippen LogP contribution in [0.3, 0.4) is 0 Å². The minimum absolute atomic E-state index is 0.264. The van der Waals surface area contributed by atoms with Crippen molar-refractivity contribution in [2.45, 2.75) is 19.9 Å². The van der Waals surface area contributed by atoms with E-state index in [4.69, 9.17) is 0 Å². The molecule has 4 aromatic rings. The average molecular weight is 407 g/mol. The van der Waals surface area contributed by atoms with Crippen molar-refractivity contribution in [3.05, 3.63) is 82.0 Å². The zero-order valence-corrected chi connectivity index (χ0v) is 16.7. The Bertz CT molecular complexity index is 1250. The number of thiophene rings is 1. The van der Waals surface area contributed by atoms with Gasteiger partial charge in [0.25, 0.3) is 5.56 Å². The first-order valence-electron chi connectivity index (χ1n) is 9.08. The van der Waals surface area contributed by atoms with Crippen LogP contribution in [0.25, 0.3) is 21.3 Å². The molecule has 0 aliphatic heterocycles. The van der Waals surface area contributed by atoms with E-state index in [2.05, 4.69) is 10.3 Å². The number of hydrogen-bond acceptors (Lipinski definition) is 4. The summed E-state index contributed by atoms with van der Waals surface area (Å²) in [4.78, 5) is 32.0. The van der Waals surface area contributed by atoms with Gasteiger partial charge in [-0.25, -0.2) is 9.37 Å². The largest absolute Gasteiger partial charge is 0.324 e. The van der Waals surface area contributed by atoms with E-state index >= 15 is 0 Å². The van der Waals surface area contributed by atoms with Crippen LogP contribution in [-0.4, -0.2) is 15.5 Å². The smallest absolute Gasteiger partial charge is 0.263 e. The first kappa shape index (κ1) is 19.0. The summed E-state index contributed by atoms with van der Waals surface area (Å²) in [5.41, 5.74) is 1.99.